The molecule has 0 saturated heterocycles. The minimum Gasteiger partial charge on any atom is -0.295 e. The van der Waals surface area contributed by atoms with Crippen molar-refractivity contribution in [2.24, 2.45) is 0 Å². The van der Waals surface area contributed by atoms with Crippen LogP contribution in [-0.4, -0.2) is 11.2 Å². The van der Waals surface area contributed by atoms with Crippen molar-refractivity contribution in [3.05, 3.63) is 22.8 Å². The number of Topliss-reactive ketones (excluding diaryl/α,β-unsaturated/α-hetero) is 1. The molecule has 1 rings (SSSR count). The Bertz CT molecular complexity index is 240. The highest BCUT2D eigenvalue weighted by Crippen LogP contribution is 2.24. The molecule has 0 fully saturated rings. The molecule has 0 saturated carbocycles. The summed E-state index contributed by atoms with van der Waals surface area (Å²) in [5, 5.41) is 0.518. The van der Waals surface area contributed by atoms with Gasteiger partial charge in [-0.3, -0.25) is 4.79 Å². The van der Waals surface area contributed by atoms with Crippen LogP contribution in [0.4, 0.5) is 0 Å². The van der Waals surface area contributed by atoms with Crippen LogP contribution in [0.3, 0.4) is 0 Å². The fourth-order valence-corrected chi connectivity index (χ4v) is 1.60. The van der Waals surface area contributed by atoms with E-state index in [1.807, 2.05) is 0 Å². The third-order valence-corrected chi connectivity index (χ3v) is 2.01. The van der Waals surface area contributed by atoms with E-state index < -0.39 is 0 Å². The number of rotatable bonds is 1. The SMILES string of the molecule is CC(=O)C1=CC(Cl)CC(Cl)=C1. The van der Waals surface area contributed by atoms with Gasteiger partial charge in [0, 0.05) is 17.0 Å². The first-order valence-corrected chi connectivity index (χ1v) is 4.14. The standard InChI is InChI=1S/C8H8Cl2O/c1-5(11)6-2-7(9)4-8(10)3-6/h2-3,7H,4H2,1H3. The van der Waals surface area contributed by atoms with Crippen molar-refractivity contribution in [1.29, 1.82) is 0 Å². The van der Waals surface area contributed by atoms with Crippen molar-refractivity contribution in [3.63, 3.8) is 0 Å². The van der Waals surface area contributed by atoms with E-state index >= 15 is 0 Å². The minimum atomic E-state index is -0.133. The van der Waals surface area contributed by atoms with Gasteiger partial charge in [0.05, 0.1) is 5.38 Å². The lowest BCUT2D eigenvalue weighted by atomic mass is 10.0. The maximum absolute atomic E-state index is 10.9. The normalized spacial score (nSPS) is 24.1. The molecule has 0 heterocycles. The van der Waals surface area contributed by atoms with Crippen molar-refractivity contribution in [2.45, 2.75) is 18.7 Å². The van der Waals surface area contributed by atoms with Gasteiger partial charge >= 0.3 is 0 Å². The second-order valence-corrected chi connectivity index (χ2v) is 3.54. The molecule has 1 aliphatic rings. The molecule has 0 N–H and O–H groups in total. The fourth-order valence-electron chi connectivity index (χ4n) is 0.935. The van der Waals surface area contributed by atoms with Gasteiger partial charge in [0.15, 0.2) is 5.78 Å². The summed E-state index contributed by atoms with van der Waals surface area (Å²) >= 11 is 11.5. The van der Waals surface area contributed by atoms with Crippen molar-refractivity contribution >= 4 is 29.0 Å². The summed E-state index contributed by atoms with van der Waals surface area (Å²) in [6, 6.07) is 0. The Morgan fingerprint density at radius 2 is 2.36 bits per heavy atom. The summed E-state index contributed by atoms with van der Waals surface area (Å²) in [4.78, 5) is 10.9. The summed E-state index contributed by atoms with van der Waals surface area (Å²) in [7, 11) is 0. The summed E-state index contributed by atoms with van der Waals surface area (Å²) in [5.74, 6) is 0.00787. The zero-order chi connectivity index (χ0) is 8.43. The van der Waals surface area contributed by atoms with E-state index in [4.69, 9.17) is 23.2 Å². The van der Waals surface area contributed by atoms with Crippen molar-refractivity contribution in [2.75, 3.05) is 0 Å². The van der Waals surface area contributed by atoms with Gasteiger partial charge in [0.1, 0.15) is 0 Å². The van der Waals surface area contributed by atoms with Crippen molar-refractivity contribution < 1.29 is 4.79 Å². The first-order valence-electron chi connectivity index (χ1n) is 3.32. The Hall–Kier alpha value is -0.270. The van der Waals surface area contributed by atoms with E-state index in [2.05, 4.69) is 0 Å². The summed E-state index contributed by atoms with van der Waals surface area (Å²) in [6.45, 7) is 1.50. The molecule has 0 aliphatic heterocycles. The van der Waals surface area contributed by atoms with E-state index in [-0.39, 0.29) is 11.2 Å². The van der Waals surface area contributed by atoms with E-state index in [0.717, 1.165) is 0 Å². The first kappa shape index (κ1) is 8.82. The molecule has 0 aromatic heterocycles. The van der Waals surface area contributed by atoms with E-state index in [9.17, 15) is 4.79 Å². The van der Waals surface area contributed by atoms with Gasteiger partial charge in [0.2, 0.25) is 0 Å². The fraction of sp³-hybridized carbons (Fsp3) is 0.375. The van der Waals surface area contributed by atoms with Crippen molar-refractivity contribution in [3.8, 4) is 0 Å². The maximum Gasteiger partial charge on any atom is 0.159 e. The zero-order valence-corrected chi connectivity index (χ0v) is 7.62. The van der Waals surface area contributed by atoms with Crippen LogP contribution in [0.15, 0.2) is 22.8 Å². The van der Waals surface area contributed by atoms with Crippen LogP contribution in [0, 0.1) is 0 Å². The van der Waals surface area contributed by atoms with Crippen molar-refractivity contribution in [1.82, 2.24) is 0 Å². The first-order chi connectivity index (χ1) is 5.09. The van der Waals surface area contributed by atoms with Crippen LogP contribution >= 0.6 is 23.2 Å². The molecule has 0 amide bonds. The highest BCUT2D eigenvalue weighted by molar-refractivity contribution is 6.32. The number of hydrogen-bond acceptors (Lipinski definition) is 1. The van der Waals surface area contributed by atoms with Crippen LogP contribution in [0.2, 0.25) is 0 Å². The molecular weight excluding hydrogens is 183 g/mol. The molecule has 1 aliphatic carbocycles. The van der Waals surface area contributed by atoms with Gasteiger partial charge in [-0.1, -0.05) is 17.7 Å². The summed E-state index contributed by atoms with van der Waals surface area (Å²) in [6.07, 6.45) is 4.03. The van der Waals surface area contributed by atoms with Gasteiger partial charge < -0.3 is 0 Å². The number of alkyl halides is 1. The van der Waals surface area contributed by atoms with E-state index in [1.54, 1.807) is 12.2 Å². The number of ketones is 1. The second-order valence-electron chi connectivity index (χ2n) is 2.49. The number of hydrogen-bond donors (Lipinski definition) is 0. The van der Waals surface area contributed by atoms with Crippen LogP contribution in [0.1, 0.15) is 13.3 Å². The zero-order valence-electron chi connectivity index (χ0n) is 6.10. The number of allylic oxidation sites excluding steroid dienone is 4. The quantitative estimate of drug-likeness (QED) is 0.582. The highest BCUT2D eigenvalue weighted by Gasteiger charge is 2.13. The molecule has 0 spiro atoms. The van der Waals surface area contributed by atoms with Gasteiger partial charge in [-0.2, -0.15) is 0 Å². The molecule has 60 valence electrons. The molecule has 0 aromatic rings. The molecule has 1 unspecified atom stereocenters. The summed E-state index contributed by atoms with van der Waals surface area (Å²) < 4.78 is 0. The Kier molecular flexibility index (Phi) is 2.74. The predicted molar refractivity (Wildman–Crippen MR) is 47.0 cm³/mol. The number of carbonyl (C=O) groups is 1. The molecular formula is C8H8Cl2O. The molecule has 0 radical (unpaired) electrons. The minimum absolute atomic E-state index is 0.00787. The lowest BCUT2D eigenvalue weighted by Crippen LogP contribution is -2.05. The topological polar surface area (TPSA) is 17.1 Å². The third kappa shape index (κ3) is 2.35. The number of halogens is 2. The molecule has 0 aromatic carbocycles. The van der Waals surface area contributed by atoms with Gasteiger partial charge in [-0.05, 0) is 13.0 Å². The molecule has 11 heavy (non-hydrogen) atoms. The maximum atomic E-state index is 10.9. The Morgan fingerprint density at radius 1 is 1.73 bits per heavy atom. The highest BCUT2D eigenvalue weighted by atomic mass is 35.5. The largest absolute Gasteiger partial charge is 0.295 e. The number of carbonyl (C=O) groups excluding carboxylic acids is 1. The average Bonchev–Trinajstić information content (AvgIpc) is 1.85. The average molecular weight is 191 g/mol. The predicted octanol–water partition coefficient (Wildman–Crippen LogP) is 2.64. The molecule has 3 heteroatoms. The lowest BCUT2D eigenvalue weighted by Gasteiger charge is -2.10. The molecule has 1 nitrogen and oxygen atoms in total. The smallest absolute Gasteiger partial charge is 0.159 e. The van der Waals surface area contributed by atoms with Crippen LogP contribution in [-0.2, 0) is 4.79 Å². The van der Waals surface area contributed by atoms with Crippen LogP contribution in [0.5, 0.6) is 0 Å². The van der Waals surface area contributed by atoms with Gasteiger partial charge in [-0.25, -0.2) is 0 Å². The van der Waals surface area contributed by atoms with Gasteiger partial charge in [-0.15, -0.1) is 11.6 Å². The van der Waals surface area contributed by atoms with E-state index in [0.29, 0.717) is 17.0 Å². The lowest BCUT2D eigenvalue weighted by molar-refractivity contribution is -0.113. The third-order valence-electron chi connectivity index (χ3n) is 1.47. The van der Waals surface area contributed by atoms with Gasteiger partial charge in [0.25, 0.3) is 0 Å². The summed E-state index contributed by atoms with van der Waals surface area (Å²) in [5.41, 5.74) is 0.612. The Balaban J connectivity index is 2.87. The monoisotopic (exact) mass is 190 g/mol. The van der Waals surface area contributed by atoms with E-state index in [1.165, 1.54) is 6.92 Å². The Labute approximate surface area is 75.7 Å². The molecule has 0 bridgehead atoms. The van der Waals surface area contributed by atoms with Crippen LogP contribution in [0.25, 0.3) is 0 Å². The van der Waals surface area contributed by atoms with Crippen LogP contribution < -0.4 is 0 Å². The molecule has 1 atom stereocenters. The second kappa shape index (κ2) is 3.42. The Morgan fingerprint density at radius 3 is 2.82 bits per heavy atom.